The lowest BCUT2D eigenvalue weighted by molar-refractivity contribution is 0.242. The van der Waals surface area contributed by atoms with Crippen molar-refractivity contribution in [3.05, 3.63) is 0 Å². The minimum atomic E-state index is -2.52. The quantitative estimate of drug-likeness (QED) is 0.377. The van der Waals surface area contributed by atoms with Crippen molar-refractivity contribution in [2.24, 2.45) is 0 Å². The highest BCUT2D eigenvalue weighted by atomic mass is 31.2. The second-order valence-electron chi connectivity index (χ2n) is 3.88. The fourth-order valence-electron chi connectivity index (χ4n) is 1.46. The molecule has 0 aromatic carbocycles. The van der Waals surface area contributed by atoms with Crippen LogP contribution in [0.25, 0.3) is 0 Å². The van der Waals surface area contributed by atoms with Gasteiger partial charge in [0.05, 0.1) is 6.61 Å². The number of unbranched alkanes of at least 4 members (excludes halogenated alkanes) is 7. The van der Waals surface area contributed by atoms with Gasteiger partial charge in [-0.1, -0.05) is 51.9 Å². The lowest BCUT2D eigenvalue weighted by atomic mass is 10.1. The van der Waals surface area contributed by atoms with Gasteiger partial charge in [-0.3, -0.25) is 0 Å². The molecule has 1 unspecified atom stereocenters. The molecule has 0 aliphatic rings. The monoisotopic (exact) mass is 286 g/mol. The van der Waals surface area contributed by atoms with Crippen molar-refractivity contribution < 1.29 is 23.5 Å². The van der Waals surface area contributed by atoms with E-state index in [4.69, 9.17) is 19.2 Å². The zero-order valence-corrected chi connectivity index (χ0v) is 12.2. The van der Waals surface area contributed by atoms with E-state index in [-0.39, 0.29) is 0 Å². The molecule has 0 aromatic heterocycles. The molecular formula is C10H24O5P2. The van der Waals surface area contributed by atoms with Gasteiger partial charge in [-0.2, -0.15) is 0 Å². The van der Waals surface area contributed by atoms with E-state index in [9.17, 15) is 0 Å². The predicted octanol–water partition coefficient (Wildman–Crippen LogP) is 3.59. The lowest BCUT2D eigenvalue weighted by Gasteiger charge is -2.10. The summed E-state index contributed by atoms with van der Waals surface area (Å²) in [5.74, 6) is 0. The topological polar surface area (TPSA) is 79.2 Å². The Labute approximate surface area is 106 Å². The first-order chi connectivity index (χ1) is 8.16. The number of rotatable bonds is 12. The van der Waals surface area contributed by atoms with E-state index in [0.29, 0.717) is 6.61 Å². The first-order valence-corrected chi connectivity index (χ1v) is 8.44. The molecular weight excluding hydrogens is 262 g/mol. The van der Waals surface area contributed by atoms with E-state index >= 15 is 0 Å². The van der Waals surface area contributed by atoms with Crippen LogP contribution in [-0.4, -0.2) is 21.3 Å². The van der Waals surface area contributed by atoms with Gasteiger partial charge < -0.3 is 19.2 Å². The summed E-state index contributed by atoms with van der Waals surface area (Å²) in [6.45, 7) is 2.61. The maximum Gasteiger partial charge on any atom is 0.337 e. The fraction of sp³-hybridized carbons (Fsp3) is 1.00. The molecule has 0 radical (unpaired) electrons. The summed E-state index contributed by atoms with van der Waals surface area (Å²) in [6.07, 6.45) is 9.58. The Morgan fingerprint density at radius 1 is 0.824 bits per heavy atom. The molecule has 0 aliphatic heterocycles. The summed E-state index contributed by atoms with van der Waals surface area (Å²) < 4.78 is 9.19. The molecule has 0 bridgehead atoms. The Morgan fingerprint density at radius 3 is 1.88 bits per heavy atom. The van der Waals surface area contributed by atoms with Crippen LogP contribution in [0.1, 0.15) is 58.3 Å². The van der Waals surface area contributed by atoms with Crippen molar-refractivity contribution in [2.75, 3.05) is 6.61 Å². The molecule has 5 nitrogen and oxygen atoms in total. The summed E-state index contributed by atoms with van der Waals surface area (Å²) in [7, 11) is -4.65. The van der Waals surface area contributed by atoms with Crippen molar-refractivity contribution in [1.29, 1.82) is 0 Å². The Bertz CT molecular complexity index is 160. The molecule has 7 heteroatoms. The standard InChI is InChI=1S/C10H24O5P2/c1-2-3-4-5-6-7-8-9-10-14-17(13)15-16(11)12/h11-13H,2-10H2,1H3. The van der Waals surface area contributed by atoms with Crippen LogP contribution in [0.3, 0.4) is 0 Å². The second kappa shape index (κ2) is 13.1. The van der Waals surface area contributed by atoms with Crippen LogP contribution in [0.5, 0.6) is 0 Å². The van der Waals surface area contributed by atoms with E-state index in [1.165, 1.54) is 38.5 Å². The summed E-state index contributed by atoms with van der Waals surface area (Å²) in [5.41, 5.74) is 0. The third-order valence-corrected chi connectivity index (χ3v) is 3.89. The molecule has 0 fully saturated rings. The first kappa shape index (κ1) is 17.7. The normalized spacial score (nSPS) is 13.2. The summed E-state index contributed by atoms with van der Waals surface area (Å²) >= 11 is 0. The third kappa shape index (κ3) is 14.6. The number of hydrogen-bond acceptors (Lipinski definition) is 5. The van der Waals surface area contributed by atoms with Crippen LogP contribution in [0.15, 0.2) is 0 Å². The van der Waals surface area contributed by atoms with Gasteiger partial charge in [0, 0.05) is 0 Å². The molecule has 0 rings (SSSR count). The van der Waals surface area contributed by atoms with Gasteiger partial charge in [0.2, 0.25) is 0 Å². The largest absolute Gasteiger partial charge is 0.337 e. The van der Waals surface area contributed by atoms with Crippen molar-refractivity contribution in [1.82, 2.24) is 0 Å². The van der Waals surface area contributed by atoms with Gasteiger partial charge in [-0.15, -0.1) is 0 Å². The highest BCUT2D eigenvalue weighted by molar-refractivity contribution is 7.54. The smallest absolute Gasteiger partial charge is 0.328 e. The molecule has 0 spiro atoms. The predicted molar refractivity (Wildman–Crippen MR) is 70.1 cm³/mol. The van der Waals surface area contributed by atoms with Crippen LogP contribution in [0.2, 0.25) is 0 Å². The van der Waals surface area contributed by atoms with Gasteiger partial charge in [0.15, 0.2) is 0 Å². The van der Waals surface area contributed by atoms with Crippen LogP contribution in [0.4, 0.5) is 0 Å². The average Bonchev–Trinajstić information content (AvgIpc) is 2.26. The summed E-state index contributed by atoms with van der Waals surface area (Å²) in [5, 5.41) is 0. The molecule has 0 aliphatic carbocycles. The van der Waals surface area contributed by atoms with E-state index in [1.807, 2.05) is 0 Å². The molecule has 0 saturated carbocycles. The Balaban J connectivity index is 3.07. The van der Waals surface area contributed by atoms with Gasteiger partial charge in [-0.05, 0) is 6.42 Å². The third-order valence-electron chi connectivity index (χ3n) is 2.34. The highest BCUT2D eigenvalue weighted by Gasteiger charge is 2.12. The van der Waals surface area contributed by atoms with Crippen LogP contribution >= 0.6 is 17.2 Å². The Hall–Kier alpha value is 0.660. The van der Waals surface area contributed by atoms with Gasteiger partial charge >= 0.3 is 17.2 Å². The van der Waals surface area contributed by atoms with Crippen molar-refractivity contribution in [3.8, 4) is 0 Å². The molecule has 17 heavy (non-hydrogen) atoms. The zero-order chi connectivity index (χ0) is 12.9. The van der Waals surface area contributed by atoms with Crippen LogP contribution in [0, 0.1) is 0 Å². The minimum absolute atomic E-state index is 0.403. The van der Waals surface area contributed by atoms with E-state index in [0.717, 1.165) is 12.8 Å². The van der Waals surface area contributed by atoms with Crippen molar-refractivity contribution >= 4 is 17.2 Å². The fourth-order valence-corrected chi connectivity index (χ4v) is 2.44. The maximum atomic E-state index is 9.04. The van der Waals surface area contributed by atoms with Crippen LogP contribution < -0.4 is 0 Å². The van der Waals surface area contributed by atoms with Gasteiger partial charge in [0.25, 0.3) is 0 Å². The Kier molecular flexibility index (Phi) is 13.6. The highest BCUT2D eigenvalue weighted by Crippen LogP contribution is 2.46. The SMILES string of the molecule is CCCCCCCCCCOP(O)OP(O)O. The van der Waals surface area contributed by atoms with E-state index < -0.39 is 17.2 Å². The molecule has 104 valence electrons. The van der Waals surface area contributed by atoms with Crippen molar-refractivity contribution in [3.63, 3.8) is 0 Å². The first-order valence-electron chi connectivity index (χ1n) is 6.14. The van der Waals surface area contributed by atoms with E-state index in [2.05, 4.69) is 11.2 Å². The molecule has 0 saturated heterocycles. The van der Waals surface area contributed by atoms with Gasteiger partial charge in [0.1, 0.15) is 0 Å². The lowest BCUT2D eigenvalue weighted by Crippen LogP contribution is -1.91. The Morgan fingerprint density at radius 2 is 1.35 bits per heavy atom. The van der Waals surface area contributed by atoms with E-state index in [1.54, 1.807) is 0 Å². The van der Waals surface area contributed by atoms with Crippen LogP contribution in [-0.2, 0) is 8.83 Å². The van der Waals surface area contributed by atoms with Crippen molar-refractivity contribution in [2.45, 2.75) is 58.3 Å². The second-order valence-corrected chi connectivity index (χ2v) is 5.77. The molecule has 3 N–H and O–H groups in total. The molecule has 0 heterocycles. The molecule has 0 aromatic rings. The average molecular weight is 286 g/mol. The summed E-state index contributed by atoms with van der Waals surface area (Å²) in [4.78, 5) is 25.9. The maximum absolute atomic E-state index is 9.04. The zero-order valence-electron chi connectivity index (χ0n) is 10.4. The number of hydrogen-bond donors (Lipinski definition) is 3. The minimum Gasteiger partial charge on any atom is -0.328 e. The molecule has 0 amide bonds. The van der Waals surface area contributed by atoms with Gasteiger partial charge in [-0.25, -0.2) is 4.31 Å². The molecule has 1 atom stereocenters. The summed E-state index contributed by atoms with van der Waals surface area (Å²) in [6, 6.07) is 0.